The fourth-order valence-electron chi connectivity index (χ4n) is 1.88. The first-order valence-electron chi connectivity index (χ1n) is 6.14. The van der Waals surface area contributed by atoms with Gasteiger partial charge in [0.25, 0.3) is 0 Å². The summed E-state index contributed by atoms with van der Waals surface area (Å²) in [5, 5.41) is 7.04. The van der Waals surface area contributed by atoms with Crippen molar-refractivity contribution in [1.82, 2.24) is 9.97 Å². The van der Waals surface area contributed by atoms with Crippen LogP contribution in [-0.2, 0) is 0 Å². The normalized spacial score (nSPS) is 12.0. The highest BCUT2D eigenvalue weighted by molar-refractivity contribution is 6.31. The molecule has 19 heavy (non-hydrogen) atoms. The van der Waals surface area contributed by atoms with Crippen LogP contribution in [0.15, 0.2) is 30.3 Å². The molecule has 0 spiro atoms. The van der Waals surface area contributed by atoms with E-state index in [2.05, 4.69) is 27.5 Å². The molecule has 5 heteroatoms. The van der Waals surface area contributed by atoms with Gasteiger partial charge in [0.2, 0.25) is 5.95 Å². The lowest BCUT2D eigenvalue weighted by atomic mass is 10.1. The second-order valence-corrected chi connectivity index (χ2v) is 4.76. The summed E-state index contributed by atoms with van der Waals surface area (Å²) in [6.07, 6.45) is 0. The third-order valence-corrected chi connectivity index (χ3v) is 3.16. The molecule has 1 heterocycles. The van der Waals surface area contributed by atoms with Crippen LogP contribution < -0.4 is 10.6 Å². The third-order valence-electron chi connectivity index (χ3n) is 2.81. The molecular weight excluding hydrogens is 260 g/mol. The molecule has 0 saturated carbocycles. The van der Waals surface area contributed by atoms with Crippen LogP contribution in [0.5, 0.6) is 0 Å². The van der Waals surface area contributed by atoms with Crippen molar-refractivity contribution in [3.05, 3.63) is 46.6 Å². The molecule has 0 aliphatic heterocycles. The van der Waals surface area contributed by atoms with Crippen LogP contribution in [0.1, 0.15) is 24.2 Å². The third kappa shape index (κ3) is 3.35. The molecule has 0 aliphatic rings. The summed E-state index contributed by atoms with van der Waals surface area (Å²) in [7, 11) is 1.80. The zero-order valence-corrected chi connectivity index (χ0v) is 12.0. The van der Waals surface area contributed by atoms with E-state index in [-0.39, 0.29) is 6.04 Å². The number of anilines is 2. The lowest BCUT2D eigenvalue weighted by Crippen LogP contribution is -2.10. The number of aromatic nitrogens is 2. The lowest BCUT2D eigenvalue weighted by Gasteiger charge is -2.17. The number of rotatable bonds is 4. The van der Waals surface area contributed by atoms with Gasteiger partial charge in [-0.15, -0.1) is 0 Å². The van der Waals surface area contributed by atoms with Gasteiger partial charge in [-0.2, -0.15) is 4.98 Å². The Morgan fingerprint density at radius 1 is 1.21 bits per heavy atom. The number of benzene rings is 1. The van der Waals surface area contributed by atoms with Gasteiger partial charge in [-0.1, -0.05) is 29.8 Å². The molecule has 1 unspecified atom stereocenters. The quantitative estimate of drug-likeness (QED) is 0.895. The van der Waals surface area contributed by atoms with Gasteiger partial charge in [-0.05, 0) is 25.5 Å². The van der Waals surface area contributed by atoms with Gasteiger partial charge < -0.3 is 10.6 Å². The van der Waals surface area contributed by atoms with Crippen LogP contribution in [0.3, 0.4) is 0 Å². The highest BCUT2D eigenvalue weighted by Gasteiger charge is 2.10. The van der Waals surface area contributed by atoms with E-state index in [1.165, 1.54) is 0 Å². The van der Waals surface area contributed by atoms with Gasteiger partial charge >= 0.3 is 0 Å². The second kappa shape index (κ2) is 5.89. The average molecular weight is 277 g/mol. The van der Waals surface area contributed by atoms with Crippen LogP contribution in [0.4, 0.5) is 11.8 Å². The zero-order chi connectivity index (χ0) is 13.8. The number of hydrogen-bond donors (Lipinski definition) is 2. The summed E-state index contributed by atoms with van der Waals surface area (Å²) < 4.78 is 0. The molecule has 0 bridgehead atoms. The van der Waals surface area contributed by atoms with Crippen LogP contribution in [0.25, 0.3) is 0 Å². The van der Waals surface area contributed by atoms with E-state index in [9.17, 15) is 0 Å². The van der Waals surface area contributed by atoms with Gasteiger partial charge in [-0.25, -0.2) is 4.98 Å². The van der Waals surface area contributed by atoms with Crippen molar-refractivity contribution in [2.45, 2.75) is 19.9 Å². The molecule has 0 saturated heterocycles. The largest absolute Gasteiger partial charge is 0.363 e. The Labute approximate surface area is 118 Å². The van der Waals surface area contributed by atoms with Crippen molar-refractivity contribution < 1.29 is 0 Å². The molecule has 1 aromatic carbocycles. The molecule has 2 rings (SSSR count). The van der Waals surface area contributed by atoms with Crippen LogP contribution in [-0.4, -0.2) is 17.0 Å². The molecule has 2 aromatic rings. The molecule has 0 aliphatic carbocycles. The Morgan fingerprint density at radius 2 is 1.95 bits per heavy atom. The van der Waals surface area contributed by atoms with Crippen molar-refractivity contribution in [1.29, 1.82) is 0 Å². The fraction of sp³-hybridized carbons (Fsp3) is 0.286. The van der Waals surface area contributed by atoms with Gasteiger partial charge in [0.15, 0.2) is 0 Å². The Morgan fingerprint density at radius 3 is 2.63 bits per heavy atom. The van der Waals surface area contributed by atoms with E-state index in [1.54, 1.807) is 7.05 Å². The van der Waals surface area contributed by atoms with Crippen molar-refractivity contribution in [2.24, 2.45) is 0 Å². The van der Waals surface area contributed by atoms with Gasteiger partial charge in [0, 0.05) is 23.8 Å². The smallest absolute Gasteiger partial charge is 0.224 e. The second-order valence-electron chi connectivity index (χ2n) is 4.36. The van der Waals surface area contributed by atoms with E-state index in [0.717, 1.165) is 22.1 Å². The fourth-order valence-corrected chi connectivity index (χ4v) is 2.18. The van der Waals surface area contributed by atoms with E-state index >= 15 is 0 Å². The Balaban J connectivity index is 2.21. The van der Waals surface area contributed by atoms with E-state index in [0.29, 0.717) is 5.95 Å². The topological polar surface area (TPSA) is 49.8 Å². The summed E-state index contributed by atoms with van der Waals surface area (Å²) in [6.45, 7) is 3.99. The van der Waals surface area contributed by atoms with E-state index in [4.69, 9.17) is 11.6 Å². The van der Waals surface area contributed by atoms with Gasteiger partial charge in [0.1, 0.15) is 5.82 Å². The maximum Gasteiger partial charge on any atom is 0.224 e. The van der Waals surface area contributed by atoms with Crippen molar-refractivity contribution in [3.63, 3.8) is 0 Å². The Bertz CT molecular complexity index is 571. The Kier molecular flexibility index (Phi) is 4.22. The number of hydrogen-bond acceptors (Lipinski definition) is 4. The number of nitrogens with zero attached hydrogens (tertiary/aromatic N) is 2. The first-order valence-corrected chi connectivity index (χ1v) is 6.52. The maximum absolute atomic E-state index is 6.19. The predicted molar refractivity (Wildman–Crippen MR) is 79.8 cm³/mol. The Hall–Kier alpha value is -1.81. The zero-order valence-electron chi connectivity index (χ0n) is 11.2. The molecule has 2 N–H and O–H groups in total. The molecule has 0 fully saturated rings. The monoisotopic (exact) mass is 276 g/mol. The van der Waals surface area contributed by atoms with Gasteiger partial charge in [0.05, 0.1) is 6.04 Å². The first kappa shape index (κ1) is 13.6. The van der Waals surface area contributed by atoms with Crippen LogP contribution in [0, 0.1) is 6.92 Å². The maximum atomic E-state index is 6.19. The molecular formula is C14H17ClN4. The SMILES string of the molecule is CNc1nc(C)cc(NC(C)c2ccccc2Cl)n1. The number of aryl methyl sites for hydroxylation is 1. The van der Waals surface area contributed by atoms with Crippen molar-refractivity contribution >= 4 is 23.4 Å². The minimum Gasteiger partial charge on any atom is -0.363 e. The molecule has 1 atom stereocenters. The van der Waals surface area contributed by atoms with Crippen molar-refractivity contribution in [2.75, 3.05) is 17.7 Å². The first-order chi connectivity index (χ1) is 9.10. The summed E-state index contributed by atoms with van der Waals surface area (Å²) in [6, 6.07) is 9.78. The van der Waals surface area contributed by atoms with Crippen molar-refractivity contribution in [3.8, 4) is 0 Å². The standard InChI is InChI=1S/C14H17ClN4/c1-9-8-13(19-14(16-3)17-9)18-10(2)11-6-4-5-7-12(11)15/h4-8,10H,1-3H3,(H2,16,17,18,19). The van der Waals surface area contributed by atoms with E-state index in [1.807, 2.05) is 37.3 Å². The molecule has 100 valence electrons. The minimum atomic E-state index is 0.0766. The summed E-state index contributed by atoms with van der Waals surface area (Å²) >= 11 is 6.19. The minimum absolute atomic E-state index is 0.0766. The highest BCUT2D eigenvalue weighted by Crippen LogP contribution is 2.25. The summed E-state index contributed by atoms with van der Waals surface area (Å²) in [5.74, 6) is 1.39. The summed E-state index contributed by atoms with van der Waals surface area (Å²) in [4.78, 5) is 8.63. The van der Waals surface area contributed by atoms with E-state index < -0.39 is 0 Å². The predicted octanol–water partition coefficient (Wildman–Crippen LogP) is 3.65. The molecule has 1 aromatic heterocycles. The number of nitrogens with one attached hydrogen (secondary N) is 2. The molecule has 0 radical (unpaired) electrons. The molecule has 0 amide bonds. The lowest BCUT2D eigenvalue weighted by molar-refractivity contribution is 0.871. The van der Waals surface area contributed by atoms with Gasteiger partial charge in [-0.3, -0.25) is 0 Å². The molecule has 4 nitrogen and oxygen atoms in total. The average Bonchev–Trinajstić information content (AvgIpc) is 2.38. The van der Waals surface area contributed by atoms with Crippen LogP contribution >= 0.6 is 11.6 Å². The summed E-state index contributed by atoms with van der Waals surface area (Å²) in [5.41, 5.74) is 1.96. The number of halogens is 1. The highest BCUT2D eigenvalue weighted by atomic mass is 35.5. The van der Waals surface area contributed by atoms with Crippen LogP contribution in [0.2, 0.25) is 5.02 Å².